The fourth-order valence-corrected chi connectivity index (χ4v) is 7.01. The Kier molecular flexibility index (Phi) is 7.98. The zero-order chi connectivity index (χ0) is 32.8. The molecule has 240 valence electrons. The van der Waals surface area contributed by atoms with Crippen molar-refractivity contribution in [2.75, 3.05) is 42.9 Å². The number of aromatic amines is 1. The van der Waals surface area contributed by atoms with Crippen molar-refractivity contribution >= 4 is 63.5 Å². The summed E-state index contributed by atoms with van der Waals surface area (Å²) in [6, 6.07) is 11.7. The van der Waals surface area contributed by atoms with Crippen LogP contribution in [0.15, 0.2) is 54.9 Å². The van der Waals surface area contributed by atoms with Crippen LogP contribution in [0.4, 0.5) is 11.4 Å². The van der Waals surface area contributed by atoms with E-state index in [9.17, 15) is 24.0 Å². The molecule has 3 aliphatic heterocycles. The lowest BCUT2D eigenvalue weighted by molar-refractivity contribution is -0.136. The second-order valence-electron chi connectivity index (χ2n) is 11.9. The van der Waals surface area contributed by atoms with Crippen LogP contribution in [0.5, 0.6) is 0 Å². The number of benzene rings is 2. The van der Waals surface area contributed by atoms with Crippen LogP contribution in [0.25, 0.3) is 22.2 Å². The number of aryl methyl sites for hydroxylation is 1. The minimum absolute atomic E-state index is 0.0340. The number of piperidine rings is 1. The van der Waals surface area contributed by atoms with Crippen molar-refractivity contribution in [3.05, 3.63) is 76.6 Å². The van der Waals surface area contributed by atoms with Gasteiger partial charge in [0.15, 0.2) is 0 Å². The second kappa shape index (κ2) is 12.3. The largest absolute Gasteiger partial charge is 0.383 e. The summed E-state index contributed by atoms with van der Waals surface area (Å²) in [5.41, 5.74) is 5.22. The number of hydrogen-bond donors (Lipinski definition) is 3. The van der Waals surface area contributed by atoms with Gasteiger partial charge in [0.2, 0.25) is 17.7 Å². The fourth-order valence-electron chi connectivity index (χ4n) is 6.64. The molecule has 3 N–H and O–H groups in total. The smallest absolute Gasteiger partial charge is 0.264 e. The van der Waals surface area contributed by atoms with E-state index >= 15 is 0 Å². The van der Waals surface area contributed by atoms with Crippen molar-refractivity contribution in [1.29, 1.82) is 0 Å². The van der Waals surface area contributed by atoms with Crippen LogP contribution in [-0.4, -0.2) is 88.1 Å². The van der Waals surface area contributed by atoms with Crippen LogP contribution >= 0.6 is 11.6 Å². The Morgan fingerprint density at radius 1 is 1.02 bits per heavy atom. The first kappa shape index (κ1) is 30.6. The maximum atomic E-state index is 13.4. The Hall–Kier alpha value is -5.07. The highest BCUT2D eigenvalue weighted by Gasteiger charge is 2.45. The van der Waals surface area contributed by atoms with E-state index in [0.29, 0.717) is 36.9 Å². The third-order valence-corrected chi connectivity index (χ3v) is 9.47. The minimum atomic E-state index is -1.03. The number of aromatic nitrogens is 2. The molecule has 12 nitrogen and oxygen atoms in total. The van der Waals surface area contributed by atoms with Gasteiger partial charge in [-0.15, -0.1) is 0 Å². The Labute approximate surface area is 275 Å². The minimum Gasteiger partial charge on any atom is -0.383 e. The van der Waals surface area contributed by atoms with Crippen LogP contribution in [-0.2, 0) is 20.8 Å². The molecule has 0 aliphatic carbocycles. The van der Waals surface area contributed by atoms with E-state index in [2.05, 4.69) is 27.5 Å². The third kappa shape index (κ3) is 5.43. The summed E-state index contributed by atoms with van der Waals surface area (Å²) in [6.45, 7) is 4.38. The number of hydrogen-bond acceptors (Lipinski definition) is 8. The number of amides is 5. The second-order valence-corrected chi connectivity index (χ2v) is 12.2. The van der Waals surface area contributed by atoms with Crippen LogP contribution in [0, 0.1) is 0 Å². The molecule has 2 fully saturated rings. The first-order valence-electron chi connectivity index (χ1n) is 15.6. The highest BCUT2D eigenvalue weighted by Crippen LogP contribution is 2.37. The van der Waals surface area contributed by atoms with Gasteiger partial charge in [0.1, 0.15) is 11.7 Å². The number of halogens is 1. The Balaban J connectivity index is 0.992. The van der Waals surface area contributed by atoms with Crippen molar-refractivity contribution in [3.8, 4) is 11.1 Å². The molecule has 3 aliphatic rings. The molecule has 1 atom stereocenters. The number of H-pyrrole nitrogens is 1. The SMILES string of the molecule is CCc1c[nH]c2ncc(-c3cccc(N4CCN(CCNc5cccc6c5C(=O)N(C5CCC(=O)NC5=O)C6=O)CC4=O)c3)c(Cl)c12. The summed E-state index contributed by atoms with van der Waals surface area (Å²) < 4.78 is 0. The lowest BCUT2D eigenvalue weighted by Crippen LogP contribution is -2.54. The molecule has 0 bridgehead atoms. The van der Waals surface area contributed by atoms with Gasteiger partial charge in [-0.1, -0.05) is 36.7 Å². The molecule has 1 unspecified atom stereocenters. The summed E-state index contributed by atoms with van der Waals surface area (Å²) in [5, 5.41) is 7.01. The summed E-state index contributed by atoms with van der Waals surface area (Å²) in [7, 11) is 0. The van der Waals surface area contributed by atoms with Crippen molar-refractivity contribution in [2.45, 2.75) is 32.2 Å². The number of piperazine rings is 1. The molecule has 0 spiro atoms. The van der Waals surface area contributed by atoms with Crippen molar-refractivity contribution in [1.82, 2.24) is 25.1 Å². The number of carbonyl (C=O) groups excluding carboxylic acids is 5. The van der Waals surface area contributed by atoms with Gasteiger partial charge >= 0.3 is 0 Å². The van der Waals surface area contributed by atoms with Gasteiger partial charge in [0, 0.05) is 67.3 Å². The van der Waals surface area contributed by atoms with Crippen molar-refractivity contribution in [2.24, 2.45) is 0 Å². The molecule has 2 aromatic heterocycles. The Morgan fingerprint density at radius 2 is 1.85 bits per heavy atom. The van der Waals surface area contributed by atoms with Gasteiger partial charge in [-0.2, -0.15) is 0 Å². The average molecular weight is 654 g/mol. The summed E-state index contributed by atoms with van der Waals surface area (Å²) in [5.74, 6) is -2.22. The number of fused-ring (bicyclic) bond motifs is 2. The number of carbonyl (C=O) groups is 5. The monoisotopic (exact) mass is 653 g/mol. The number of pyridine rings is 1. The van der Waals surface area contributed by atoms with Crippen LogP contribution in [0.1, 0.15) is 46.0 Å². The van der Waals surface area contributed by atoms with E-state index < -0.39 is 29.7 Å². The fraction of sp³-hybridized carbons (Fsp3) is 0.294. The van der Waals surface area contributed by atoms with E-state index in [1.807, 2.05) is 35.4 Å². The maximum absolute atomic E-state index is 13.4. The third-order valence-electron chi connectivity index (χ3n) is 9.08. The summed E-state index contributed by atoms with van der Waals surface area (Å²) in [6.07, 6.45) is 4.67. The van der Waals surface area contributed by atoms with Crippen molar-refractivity contribution < 1.29 is 24.0 Å². The summed E-state index contributed by atoms with van der Waals surface area (Å²) >= 11 is 6.86. The zero-order valence-electron chi connectivity index (χ0n) is 25.6. The van der Waals surface area contributed by atoms with Crippen LogP contribution in [0.2, 0.25) is 5.02 Å². The van der Waals surface area contributed by atoms with Crippen molar-refractivity contribution in [3.63, 3.8) is 0 Å². The van der Waals surface area contributed by atoms with Gasteiger partial charge in [-0.05, 0) is 48.2 Å². The molecule has 2 aromatic carbocycles. The number of nitrogens with zero attached hydrogens (tertiary/aromatic N) is 4. The Morgan fingerprint density at radius 3 is 2.64 bits per heavy atom. The van der Waals surface area contributed by atoms with E-state index in [0.717, 1.165) is 44.7 Å². The highest BCUT2D eigenvalue weighted by atomic mass is 35.5. The molecule has 5 amide bonds. The predicted molar refractivity (Wildman–Crippen MR) is 176 cm³/mol. The maximum Gasteiger partial charge on any atom is 0.264 e. The molecular formula is C34H32ClN7O5. The van der Waals surface area contributed by atoms with Gasteiger partial charge in [0.05, 0.1) is 22.7 Å². The number of rotatable bonds is 8. The number of anilines is 2. The zero-order valence-corrected chi connectivity index (χ0v) is 26.4. The van der Waals surface area contributed by atoms with Crippen LogP contribution < -0.4 is 15.5 Å². The quantitative estimate of drug-likeness (QED) is 0.244. The first-order valence-corrected chi connectivity index (χ1v) is 16.0. The molecule has 7 rings (SSSR count). The highest BCUT2D eigenvalue weighted by molar-refractivity contribution is 6.38. The lowest BCUT2D eigenvalue weighted by Gasteiger charge is -2.34. The van der Waals surface area contributed by atoms with E-state index in [1.165, 1.54) is 0 Å². The molecule has 0 radical (unpaired) electrons. The van der Waals surface area contributed by atoms with Gasteiger partial charge in [-0.25, -0.2) is 4.98 Å². The topological polar surface area (TPSA) is 148 Å². The van der Waals surface area contributed by atoms with E-state index in [-0.39, 0.29) is 36.4 Å². The molecule has 47 heavy (non-hydrogen) atoms. The normalized spacial score (nSPS) is 18.7. The Bertz CT molecular complexity index is 1970. The first-order chi connectivity index (χ1) is 22.7. The van der Waals surface area contributed by atoms with Gasteiger partial charge < -0.3 is 15.2 Å². The summed E-state index contributed by atoms with van der Waals surface area (Å²) in [4.78, 5) is 76.3. The number of nitrogens with one attached hydrogen (secondary N) is 3. The molecule has 4 aromatic rings. The molecular weight excluding hydrogens is 622 g/mol. The van der Waals surface area contributed by atoms with Crippen LogP contribution in [0.3, 0.4) is 0 Å². The van der Waals surface area contributed by atoms with E-state index in [1.54, 1.807) is 29.3 Å². The van der Waals surface area contributed by atoms with E-state index in [4.69, 9.17) is 11.6 Å². The molecule has 13 heteroatoms. The standard InChI is InChI=1S/C34H32ClN7O5/c1-2-19-16-37-31-28(19)30(35)23(17-38-31)20-5-3-6-21(15-20)41-14-13-40(18-27(41)44)12-11-36-24-8-4-7-22-29(24)34(47)42(33(22)46)25-9-10-26(43)39-32(25)45/h3-8,15-17,25,36H,2,9-14,18H2,1H3,(H,37,38)(H,39,43,45). The molecule has 5 heterocycles. The van der Waals surface area contributed by atoms with Gasteiger partial charge in [-0.3, -0.25) is 39.1 Å². The average Bonchev–Trinajstić information content (AvgIpc) is 3.60. The molecule has 2 saturated heterocycles. The van der Waals surface area contributed by atoms with Gasteiger partial charge in [0.25, 0.3) is 11.8 Å². The predicted octanol–water partition coefficient (Wildman–Crippen LogP) is 3.61. The number of imide groups is 2. The lowest BCUT2D eigenvalue weighted by atomic mass is 10.0. The molecule has 0 saturated carbocycles.